The Hall–Kier alpha value is -0.890. The summed E-state index contributed by atoms with van der Waals surface area (Å²) >= 11 is 1.92. The van der Waals surface area contributed by atoms with E-state index >= 15 is 0 Å². The minimum Gasteiger partial charge on any atom is -0.378 e. The van der Waals surface area contributed by atoms with Gasteiger partial charge < -0.3 is 15.0 Å². The van der Waals surface area contributed by atoms with Crippen LogP contribution in [-0.2, 0) is 9.53 Å². The summed E-state index contributed by atoms with van der Waals surface area (Å²) < 4.78 is 19.5. The Bertz CT molecular complexity index is 523. The van der Waals surface area contributed by atoms with Crippen LogP contribution in [0.1, 0.15) is 0 Å². The molecule has 2 aliphatic rings. The minimum absolute atomic E-state index is 0.0225. The molecule has 3 rings (SSSR count). The fraction of sp³-hybridized carbons (Fsp3) is 0.417. The molecule has 2 atom stereocenters. The molecule has 0 spiro atoms. The third-order valence-corrected chi connectivity index (χ3v) is 4.39. The average molecular weight is 362 g/mol. The molecular weight excluding hydrogens is 350 g/mol. The van der Waals surface area contributed by atoms with Crippen molar-refractivity contribution in [3.8, 4) is 0 Å². The minimum atomic E-state index is -0.271. The largest absolute Gasteiger partial charge is 0.378 e. The predicted molar refractivity (Wildman–Crippen MR) is 74.2 cm³/mol. The summed E-state index contributed by atoms with van der Waals surface area (Å²) in [6.45, 7) is 0.927. The number of carbonyl (C=O) groups excluding carboxylic acids is 1. The number of nitrogens with zero attached hydrogens (tertiary/aromatic N) is 1. The molecule has 0 aromatic heterocycles. The van der Waals surface area contributed by atoms with Crippen LogP contribution in [0.15, 0.2) is 12.1 Å². The van der Waals surface area contributed by atoms with Gasteiger partial charge in [-0.3, -0.25) is 4.79 Å². The molecule has 18 heavy (non-hydrogen) atoms. The molecule has 2 heterocycles. The normalized spacial score (nSPS) is 26.4. The number of rotatable bonds is 0. The molecule has 0 bridgehead atoms. The first kappa shape index (κ1) is 12.2. The second-order valence-electron chi connectivity index (χ2n) is 4.59. The quantitative estimate of drug-likeness (QED) is 0.717. The summed E-state index contributed by atoms with van der Waals surface area (Å²) in [5.74, 6) is -0.513. The zero-order valence-corrected chi connectivity index (χ0v) is 11.9. The molecule has 1 aromatic rings. The molecule has 1 fully saturated rings. The number of benzene rings is 1. The van der Waals surface area contributed by atoms with E-state index in [1.54, 1.807) is 6.07 Å². The molecule has 1 saturated heterocycles. The number of hydrogen-bond donors (Lipinski definition) is 1. The number of nitrogens with one attached hydrogen (secondary N) is 1. The van der Waals surface area contributed by atoms with Gasteiger partial charge in [-0.2, -0.15) is 0 Å². The molecule has 1 N–H and O–H groups in total. The van der Waals surface area contributed by atoms with E-state index in [4.69, 9.17) is 4.74 Å². The first-order valence-corrected chi connectivity index (χ1v) is 6.76. The lowest BCUT2D eigenvalue weighted by atomic mass is 10.0. The van der Waals surface area contributed by atoms with Crippen LogP contribution in [0.2, 0.25) is 0 Å². The van der Waals surface area contributed by atoms with Gasteiger partial charge in [-0.25, -0.2) is 4.39 Å². The van der Waals surface area contributed by atoms with Crippen molar-refractivity contribution in [1.29, 1.82) is 0 Å². The first-order valence-electron chi connectivity index (χ1n) is 5.68. The lowest BCUT2D eigenvalue weighted by molar-refractivity contribution is -0.120. The summed E-state index contributed by atoms with van der Waals surface area (Å²) in [6.07, 6.45) is 0. The zero-order valence-electron chi connectivity index (χ0n) is 9.74. The third kappa shape index (κ3) is 1.78. The number of ether oxygens (including phenoxy) is 1. The van der Waals surface area contributed by atoms with Crippen LogP contribution in [0.25, 0.3) is 0 Å². The Kier molecular flexibility index (Phi) is 2.93. The van der Waals surface area contributed by atoms with E-state index in [0.717, 1.165) is 0 Å². The number of anilines is 2. The van der Waals surface area contributed by atoms with Crippen molar-refractivity contribution in [2.24, 2.45) is 5.92 Å². The number of fused-ring (bicyclic) bond motifs is 2. The van der Waals surface area contributed by atoms with Gasteiger partial charge in [-0.05, 0) is 28.7 Å². The van der Waals surface area contributed by atoms with Gasteiger partial charge in [-0.1, -0.05) is 0 Å². The number of hydrogen-bond acceptors (Lipinski definition) is 3. The maximum absolute atomic E-state index is 13.7. The van der Waals surface area contributed by atoms with E-state index in [1.165, 1.54) is 6.07 Å². The topological polar surface area (TPSA) is 41.6 Å². The maximum atomic E-state index is 13.7. The highest BCUT2D eigenvalue weighted by molar-refractivity contribution is 14.1. The van der Waals surface area contributed by atoms with Gasteiger partial charge in [0.25, 0.3) is 0 Å². The Morgan fingerprint density at radius 1 is 1.50 bits per heavy atom. The highest BCUT2D eigenvalue weighted by atomic mass is 127. The van der Waals surface area contributed by atoms with Crippen LogP contribution in [0.3, 0.4) is 0 Å². The van der Waals surface area contributed by atoms with E-state index in [0.29, 0.717) is 28.2 Å². The first-order chi connectivity index (χ1) is 8.58. The maximum Gasteiger partial charge on any atom is 0.232 e. The van der Waals surface area contributed by atoms with Crippen molar-refractivity contribution in [1.82, 2.24) is 0 Å². The lowest BCUT2D eigenvalue weighted by Gasteiger charge is -2.27. The Balaban J connectivity index is 2.11. The second-order valence-corrected chi connectivity index (χ2v) is 5.76. The van der Waals surface area contributed by atoms with Crippen molar-refractivity contribution < 1.29 is 13.9 Å². The van der Waals surface area contributed by atoms with Crippen LogP contribution < -0.4 is 10.2 Å². The molecule has 0 saturated carbocycles. The number of halogens is 2. The molecule has 1 aromatic carbocycles. The Labute approximate surface area is 118 Å². The molecule has 6 heteroatoms. The molecule has 0 radical (unpaired) electrons. The molecule has 4 nitrogen and oxygen atoms in total. The number of amides is 1. The molecule has 2 unspecified atom stereocenters. The summed E-state index contributed by atoms with van der Waals surface area (Å²) in [5, 5.41) is 2.86. The molecule has 1 amide bonds. The molecular formula is C12H12FIN2O2. The van der Waals surface area contributed by atoms with E-state index in [-0.39, 0.29) is 23.7 Å². The SMILES string of the molecule is CN1c2cc(F)c(I)cc2NC(=O)C2COCC21. The summed E-state index contributed by atoms with van der Waals surface area (Å²) in [6, 6.07) is 3.12. The van der Waals surface area contributed by atoms with Gasteiger partial charge in [0, 0.05) is 13.1 Å². The van der Waals surface area contributed by atoms with Crippen molar-refractivity contribution >= 4 is 39.9 Å². The Morgan fingerprint density at radius 3 is 3.06 bits per heavy atom. The predicted octanol–water partition coefficient (Wildman–Crippen LogP) is 1.83. The van der Waals surface area contributed by atoms with Gasteiger partial charge in [-0.15, -0.1) is 0 Å². The van der Waals surface area contributed by atoms with Crippen molar-refractivity contribution in [2.75, 3.05) is 30.5 Å². The van der Waals surface area contributed by atoms with E-state index in [1.807, 2.05) is 34.5 Å². The van der Waals surface area contributed by atoms with Gasteiger partial charge in [0.05, 0.1) is 40.1 Å². The van der Waals surface area contributed by atoms with Crippen LogP contribution in [-0.4, -0.2) is 32.2 Å². The van der Waals surface area contributed by atoms with Gasteiger partial charge in [0.15, 0.2) is 0 Å². The number of likely N-dealkylation sites (N-methyl/N-ethyl adjacent to an activating group) is 1. The fourth-order valence-corrected chi connectivity index (χ4v) is 2.97. The zero-order chi connectivity index (χ0) is 12.9. The van der Waals surface area contributed by atoms with Crippen LogP contribution >= 0.6 is 22.6 Å². The summed E-state index contributed by atoms with van der Waals surface area (Å²) in [4.78, 5) is 14.0. The average Bonchev–Trinajstić information content (AvgIpc) is 2.78. The molecule has 2 aliphatic heterocycles. The molecule has 0 aliphatic carbocycles. The van der Waals surface area contributed by atoms with Crippen molar-refractivity contribution in [2.45, 2.75) is 6.04 Å². The van der Waals surface area contributed by atoms with Crippen LogP contribution in [0.4, 0.5) is 15.8 Å². The smallest absolute Gasteiger partial charge is 0.232 e. The van der Waals surface area contributed by atoms with Crippen molar-refractivity contribution in [3.05, 3.63) is 21.5 Å². The van der Waals surface area contributed by atoms with E-state index in [2.05, 4.69) is 5.32 Å². The standard InChI is InChI=1S/C12H12FIN2O2/c1-16-10-2-7(13)8(14)3-9(10)15-12(17)6-4-18-5-11(6)16/h2-3,6,11H,4-5H2,1H3,(H,15,17). The highest BCUT2D eigenvalue weighted by Crippen LogP contribution is 2.36. The van der Waals surface area contributed by atoms with Gasteiger partial charge in [0.2, 0.25) is 5.91 Å². The highest BCUT2D eigenvalue weighted by Gasteiger charge is 2.40. The number of carbonyl (C=O) groups is 1. The monoisotopic (exact) mass is 362 g/mol. The van der Waals surface area contributed by atoms with Gasteiger partial charge in [0.1, 0.15) is 5.82 Å². The second kappa shape index (κ2) is 4.34. The summed E-state index contributed by atoms with van der Waals surface area (Å²) in [7, 11) is 1.87. The lowest BCUT2D eigenvalue weighted by Crippen LogP contribution is -2.40. The third-order valence-electron chi connectivity index (χ3n) is 3.56. The summed E-state index contributed by atoms with van der Waals surface area (Å²) in [5.41, 5.74) is 1.38. The van der Waals surface area contributed by atoms with E-state index in [9.17, 15) is 9.18 Å². The van der Waals surface area contributed by atoms with Crippen molar-refractivity contribution in [3.63, 3.8) is 0 Å². The van der Waals surface area contributed by atoms with Crippen LogP contribution in [0, 0.1) is 15.3 Å². The van der Waals surface area contributed by atoms with E-state index < -0.39 is 0 Å². The van der Waals surface area contributed by atoms with Gasteiger partial charge >= 0.3 is 0 Å². The fourth-order valence-electron chi connectivity index (χ4n) is 2.51. The van der Waals surface area contributed by atoms with Crippen LogP contribution in [0.5, 0.6) is 0 Å². The Morgan fingerprint density at radius 2 is 2.28 bits per heavy atom. The molecule has 96 valence electrons.